The number of hydrogen-bond donors (Lipinski definition) is 2. The highest BCUT2D eigenvalue weighted by atomic mass is 19.1. The highest BCUT2D eigenvalue weighted by molar-refractivity contribution is 5.74. The van der Waals surface area contributed by atoms with Crippen LogP contribution < -0.4 is 5.73 Å². The number of carboxylic acids is 1. The van der Waals surface area contributed by atoms with E-state index in [1.54, 1.807) is 12.1 Å². The van der Waals surface area contributed by atoms with Gasteiger partial charge in [0.15, 0.2) is 0 Å². The number of rotatable bonds is 4. The summed E-state index contributed by atoms with van der Waals surface area (Å²) < 4.78 is 18.3. The lowest BCUT2D eigenvalue weighted by atomic mass is 9.77. The molecule has 1 aromatic rings. The molecule has 0 aliphatic carbocycles. The molecule has 3 N–H and O–H groups in total. The summed E-state index contributed by atoms with van der Waals surface area (Å²) in [4.78, 5) is 11.2. The van der Waals surface area contributed by atoms with Crippen LogP contribution in [-0.4, -0.2) is 30.3 Å². The number of nitrogens with two attached hydrogens (primary N) is 1. The fourth-order valence-corrected chi connectivity index (χ4v) is 2.69. The molecule has 19 heavy (non-hydrogen) atoms. The Labute approximate surface area is 111 Å². The summed E-state index contributed by atoms with van der Waals surface area (Å²) in [6.07, 6.45) is 1.56. The molecule has 1 aliphatic rings. The second-order valence-electron chi connectivity index (χ2n) is 4.89. The minimum absolute atomic E-state index is 0.158. The zero-order valence-electron chi connectivity index (χ0n) is 10.6. The van der Waals surface area contributed by atoms with Gasteiger partial charge in [0.2, 0.25) is 0 Å². The summed E-state index contributed by atoms with van der Waals surface area (Å²) in [5.41, 5.74) is 6.61. The van der Waals surface area contributed by atoms with Crippen LogP contribution >= 0.6 is 0 Å². The number of benzene rings is 1. The maximum Gasteiger partial charge on any atom is 0.321 e. The Bertz CT molecular complexity index is 429. The molecule has 0 radical (unpaired) electrons. The number of ether oxygens (including phenoxy) is 1. The highest BCUT2D eigenvalue weighted by Gasteiger charge is 2.33. The predicted octanol–water partition coefficient (Wildman–Crippen LogP) is 1.75. The smallest absolute Gasteiger partial charge is 0.321 e. The second kappa shape index (κ2) is 6.12. The maximum atomic E-state index is 13.0. The molecule has 5 heteroatoms. The van der Waals surface area contributed by atoms with E-state index in [0.29, 0.717) is 13.2 Å². The predicted molar refractivity (Wildman–Crippen MR) is 68.3 cm³/mol. The third kappa shape index (κ3) is 3.30. The Morgan fingerprint density at radius 2 is 1.89 bits per heavy atom. The van der Waals surface area contributed by atoms with Crippen LogP contribution in [0.25, 0.3) is 0 Å². The van der Waals surface area contributed by atoms with Crippen LogP contribution in [0.2, 0.25) is 0 Å². The first kappa shape index (κ1) is 14.0. The van der Waals surface area contributed by atoms with Crippen LogP contribution in [-0.2, 0) is 9.53 Å². The molecule has 2 rings (SSSR count). The van der Waals surface area contributed by atoms with E-state index in [2.05, 4.69) is 0 Å². The van der Waals surface area contributed by atoms with Crippen molar-refractivity contribution >= 4 is 5.97 Å². The van der Waals surface area contributed by atoms with Gasteiger partial charge in [0, 0.05) is 19.1 Å². The Morgan fingerprint density at radius 3 is 2.42 bits per heavy atom. The average molecular weight is 267 g/mol. The zero-order chi connectivity index (χ0) is 13.8. The van der Waals surface area contributed by atoms with E-state index in [1.807, 2.05) is 0 Å². The zero-order valence-corrected chi connectivity index (χ0v) is 10.6. The van der Waals surface area contributed by atoms with Gasteiger partial charge in [-0.1, -0.05) is 12.1 Å². The molecule has 0 aromatic heterocycles. The molecule has 1 aromatic carbocycles. The molecule has 1 unspecified atom stereocenters. The second-order valence-corrected chi connectivity index (χ2v) is 4.89. The Kier molecular flexibility index (Phi) is 4.50. The van der Waals surface area contributed by atoms with E-state index in [-0.39, 0.29) is 17.7 Å². The molecule has 0 spiro atoms. The fraction of sp³-hybridized carbons (Fsp3) is 0.500. The normalized spacial score (nSPS) is 19.9. The topological polar surface area (TPSA) is 72.6 Å². The van der Waals surface area contributed by atoms with Gasteiger partial charge in [0.05, 0.1) is 0 Å². The van der Waals surface area contributed by atoms with E-state index in [0.717, 1.165) is 18.4 Å². The van der Waals surface area contributed by atoms with E-state index >= 15 is 0 Å². The van der Waals surface area contributed by atoms with Crippen LogP contribution in [0.4, 0.5) is 4.39 Å². The van der Waals surface area contributed by atoms with Crippen molar-refractivity contribution in [2.75, 3.05) is 13.2 Å². The average Bonchev–Trinajstić information content (AvgIpc) is 2.42. The first-order valence-corrected chi connectivity index (χ1v) is 6.41. The van der Waals surface area contributed by atoms with Gasteiger partial charge in [-0.3, -0.25) is 4.79 Å². The summed E-state index contributed by atoms with van der Waals surface area (Å²) in [6.45, 7) is 1.24. The van der Waals surface area contributed by atoms with Crippen molar-refractivity contribution in [3.05, 3.63) is 35.6 Å². The lowest BCUT2D eigenvalue weighted by Crippen LogP contribution is -2.41. The van der Waals surface area contributed by atoms with Crippen LogP contribution in [0.5, 0.6) is 0 Å². The number of hydrogen-bond acceptors (Lipinski definition) is 3. The van der Waals surface area contributed by atoms with Crippen LogP contribution in [0.3, 0.4) is 0 Å². The monoisotopic (exact) mass is 267 g/mol. The van der Waals surface area contributed by atoms with Gasteiger partial charge in [-0.25, -0.2) is 4.39 Å². The van der Waals surface area contributed by atoms with Gasteiger partial charge in [-0.15, -0.1) is 0 Å². The minimum atomic E-state index is -1.03. The molecular formula is C14H18FNO3. The van der Waals surface area contributed by atoms with Crippen molar-refractivity contribution in [2.24, 2.45) is 11.7 Å². The van der Waals surface area contributed by atoms with E-state index in [4.69, 9.17) is 15.6 Å². The highest BCUT2D eigenvalue weighted by Crippen LogP contribution is 2.34. The number of carbonyl (C=O) groups is 1. The van der Waals surface area contributed by atoms with Crippen molar-refractivity contribution < 1.29 is 19.0 Å². The van der Waals surface area contributed by atoms with Gasteiger partial charge < -0.3 is 15.6 Å². The van der Waals surface area contributed by atoms with Gasteiger partial charge >= 0.3 is 5.97 Å². The Hall–Kier alpha value is -1.46. The van der Waals surface area contributed by atoms with E-state index in [9.17, 15) is 9.18 Å². The summed E-state index contributed by atoms with van der Waals surface area (Å²) in [5.74, 6) is -1.51. The molecule has 0 saturated carbocycles. The van der Waals surface area contributed by atoms with Crippen molar-refractivity contribution in [3.63, 3.8) is 0 Å². The fourth-order valence-electron chi connectivity index (χ4n) is 2.69. The lowest BCUT2D eigenvalue weighted by molar-refractivity contribution is -0.139. The molecule has 4 nitrogen and oxygen atoms in total. The maximum absolute atomic E-state index is 13.0. The summed E-state index contributed by atoms with van der Waals surface area (Å²) >= 11 is 0. The van der Waals surface area contributed by atoms with Crippen molar-refractivity contribution in [2.45, 2.75) is 24.8 Å². The Morgan fingerprint density at radius 1 is 1.32 bits per heavy atom. The van der Waals surface area contributed by atoms with Gasteiger partial charge in [0.1, 0.15) is 11.9 Å². The number of aliphatic carboxylic acids is 1. The summed E-state index contributed by atoms with van der Waals surface area (Å²) in [6, 6.07) is 4.96. The minimum Gasteiger partial charge on any atom is -0.480 e. The molecular weight excluding hydrogens is 249 g/mol. The van der Waals surface area contributed by atoms with Gasteiger partial charge in [-0.05, 0) is 36.5 Å². The van der Waals surface area contributed by atoms with Crippen LogP contribution in [0.1, 0.15) is 24.3 Å². The van der Waals surface area contributed by atoms with Gasteiger partial charge in [-0.2, -0.15) is 0 Å². The SMILES string of the molecule is N[C@H](C(=O)O)C(c1ccc(F)cc1)C1CCOCC1. The number of halogens is 1. The largest absolute Gasteiger partial charge is 0.480 e. The molecule has 1 fully saturated rings. The standard InChI is InChI=1S/C14H18FNO3/c15-11-3-1-9(2-4-11)12(13(16)14(17)18)10-5-7-19-8-6-10/h1-4,10,12-13H,5-8,16H2,(H,17,18)/t12?,13-/m0/s1. The summed E-state index contributed by atoms with van der Waals surface area (Å²) in [5, 5.41) is 9.17. The van der Waals surface area contributed by atoms with Crippen LogP contribution in [0, 0.1) is 11.7 Å². The molecule has 1 heterocycles. The molecule has 0 amide bonds. The van der Waals surface area contributed by atoms with Crippen molar-refractivity contribution in [3.8, 4) is 0 Å². The third-order valence-electron chi connectivity index (χ3n) is 3.70. The third-order valence-corrected chi connectivity index (χ3v) is 3.70. The van der Waals surface area contributed by atoms with Gasteiger partial charge in [0.25, 0.3) is 0 Å². The quantitative estimate of drug-likeness (QED) is 0.871. The molecule has 1 aliphatic heterocycles. The molecule has 1 saturated heterocycles. The first-order chi connectivity index (χ1) is 9.09. The van der Waals surface area contributed by atoms with E-state index < -0.39 is 12.0 Å². The summed E-state index contributed by atoms with van der Waals surface area (Å²) in [7, 11) is 0. The number of carboxylic acid groups (broad SMARTS) is 1. The van der Waals surface area contributed by atoms with Crippen LogP contribution in [0.15, 0.2) is 24.3 Å². The Balaban J connectivity index is 2.27. The molecule has 2 atom stereocenters. The van der Waals surface area contributed by atoms with Crippen molar-refractivity contribution in [1.29, 1.82) is 0 Å². The lowest BCUT2D eigenvalue weighted by Gasteiger charge is -2.32. The van der Waals surface area contributed by atoms with Crippen molar-refractivity contribution in [1.82, 2.24) is 0 Å². The molecule has 104 valence electrons. The first-order valence-electron chi connectivity index (χ1n) is 6.41. The van der Waals surface area contributed by atoms with E-state index in [1.165, 1.54) is 12.1 Å². The molecule has 0 bridgehead atoms.